The van der Waals surface area contributed by atoms with Crippen LogP contribution in [0.3, 0.4) is 0 Å². The fourth-order valence-corrected chi connectivity index (χ4v) is 0.366. The molecule has 0 radical (unpaired) electrons. The first-order chi connectivity index (χ1) is 2.81. The van der Waals surface area contributed by atoms with Gasteiger partial charge in [0.2, 0.25) is 0 Å². The summed E-state index contributed by atoms with van der Waals surface area (Å²) in [5.41, 5.74) is 1.09. The van der Waals surface area contributed by atoms with Crippen LogP contribution in [0.2, 0.25) is 0 Å². The van der Waals surface area contributed by atoms with Crippen molar-refractivity contribution >= 4 is 22.6 Å². The lowest BCUT2D eigenvalue weighted by Gasteiger charge is -1.81. The van der Waals surface area contributed by atoms with Gasteiger partial charge in [-0.15, -0.1) is 0 Å². The third kappa shape index (κ3) is 2.45. The molecule has 0 fully saturated rings. The predicted molar refractivity (Wildman–Crippen MR) is 38.2 cm³/mol. The van der Waals surface area contributed by atoms with E-state index in [1.54, 1.807) is 6.08 Å². The van der Waals surface area contributed by atoms with Crippen molar-refractivity contribution in [1.82, 2.24) is 0 Å². The van der Waals surface area contributed by atoms with Gasteiger partial charge in [0.05, 0.1) is 0 Å². The van der Waals surface area contributed by atoms with Crippen molar-refractivity contribution < 1.29 is 0 Å². The highest BCUT2D eigenvalue weighted by Crippen LogP contribution is 1.94. The van der Waals surface area contributed by atoms with E-state index in [1.807, 2.05) is 0 Å². The molecule has 0 saturated carbocycles. The highest BCUT2D eigenvalue weighted by Gasteiger charge is 1.74. The van der Waals surface area contributed by atoms with Crippen LogP contribution in [0.4, 0.5) is 0 Å². The van der Waals surface area contributed by atoms with Gasteiger partial charge < -0.3 is 0 Å². The van der Waals surface area contributed by atoms with Crippen molar-refractivity contribution in [2.75, 3.05) is 4.43 Å². The molecule has 0 rings (SSSR count). The smallest absolute Gasteiger partial charge is 0.0241 e. The zero-order valence-electron chi connectivity index (χ0n) is 3.58. The van der Waals surface area contributed by atoms with Crippen LogP contribution in [-0.4, -0.2) is 4.43 Å². The summed E-state index contributed by atoms with van der Waals surface area (Å²) in [6.45, 7) is 7.19. The van der Waals surface area contributed by atoms with Crippen LogP contribution in [0.5, 0.6) is 0 Å². The molecule has 0 aliphatic heterocycles. The molecule has 0 aromatic carbocycles. The second kappa shape index (κ2) is 3.40. The molecule has 6 heavy (non-hydrogen) atoms. The van der Waals surface area contributed by atoms with Gasteiger partial charge in [-0.25, -0.2) is 0 Å². The van der Waals surface area contributed by atoms with Crippen LogP contribution in [0.1, 0.15) is 0 Å². The van der Waals surface area contributed by atoms with E-state index in [1.165, 1.54) is 0 Å². The van der Waals surface area contributed by atoms with E-state index in [9.17, 15) is 0 Å². The molecule has 34 valence electrons. The van der Waals surface area contributed by atoms with Gasteiger partial charge in [-0.2, -0.15) is 0 Å². The molecule has 0 unspecified atom stereocenters. The third-order valence-electron chi connectivity index (χ3n) is 0.460. The largest absolute Gasteiger partial charge is 0.0988 e. The van der Waals surface area contributed by atoms with Crippen molar-refractivity contribution in [1.29, 1.82) is 0 Å². The van der Waals surface area contributed by atoms with Gasteiger partial charge >= 0.3 is 0 Å². The zero-order valence-corrected chi connectivity index (χ0v) is 5.73. The van der Waals surface area contributed by atoms with Crippen LogP contribution in [-0.2, 0) is 0 Å². The first-order valence-electron chi connectivity index (χ1n) is 1.67. The summed E-state index contributed by atoms with van der Waals surface area (Å²) in [5.74, 6) is 0. The summed E-state index contributed by atoms with van der Waals surface area (Å²) in [6.07, 6.45) is 1.77. The molecular weight excluding hydrogens is 187 g/mol. The molecule has 0 spiro atoms. The van der Waals surface area contributed by atoms with Gasteiger partial charge in [0.25, 0.3) is 0 Å². The SMILES string of the molecule is C=CC(=C)CI. The van der Waals surface area contributed by atoms with Gasteiger partial charge in [-0.05, 0) is 5.57 Å². The molecular formula is C5H7I. The second-order valence-corrected chi connectivity index (χ2v) is 1.76. The highest BCUT2D eigenvalue weighted by atomic mass is 127. The van der Waals surface area contributed by atoms with E-state index in [0.717, 1.165) is 10.0 Å². The van der Waals surface area contributed by atoms with E-state index in [2.05, 4.69) is 35.7 Å². The lowest BCUT2D eigenvalue weighted by molar-refractivity contribution is 1.65. The molecule has 0 aliphatic rings. The minimum absolute atomic E-state index is 0.987. The Kier molecular flexibility index (Phi) is 3.52. The number of allylic oxidation sites excluding steroid dienone is 2. The summed E-state index contributed by atoms with van der Waals surface area (Å²) in [7, 11) is 0. The van der Waals surface area contributed by atoms with Gasteiger partial charge in [-0.3, -0.25) is 0 Å². The number of hydrogen-bond acceptors (Lipinski definition) is 0. The number of halogens is 1. The number of hydrogen-bond donors (Lipinski definition) is 0. The Hall–Kier alpha value is 0.210. The normalized spacial score (nSPS) is 7.50. The quantitative estimate of drug-likeness (QED) is 0.359. The van der Waals surface area contributed by atoms with Gasteiger partial charge in [-0.1, -0.05) is 41.8 Å². The maximum atomic E-state index is 3.67. The van der Waals surface area contributed by atoms with E-state index >= 15 is 0 Å². The fraction of sp³-hybridized carbons (Fsp3) is 0.200. The Balaban J connectivity index is 3.23. The molecule has 0 nitrogen and oxygen atoms in total. The molecule has 0 aliphatic carbocycles. The number of rotatable bonds is 2. The molecule has 0 aromatic heterocycles. The van der Waals surface area contributed by atoms with Crippen LogP contribution in [0.15, 0.2) is 24.8 Å². The number of alkyl halides is 1. The highest BCUT2D eigenvalue weighted by molar-refractivity contribution is 14.1. The van der Waals surface area contributed by atoms with Crippen molar-refractivity contribution in [3.63, 3.8) is 0 Å². The Morgan fingerprint density at radius 2 is 2.33 bits per heavy atom. The summed E-state index contributed by atoms with van der Waals surface area (Å²) in [5, 5.41) is 0. The first-order valence-corrected chi connectivity index (χ1v) is 3.20. The van der Waals surface area contributed by atoms with E-state index < -0.39 is 0 Å². The lowest BCUT2D eigenvalue weighted by Crippen LogP contribution is -1.68. The van der Waals surface area contributed by atoms with Crippen LogP contribution >= 0.6 is 22.6 Å². The molecule has 0 atom stereocenters. The minimum Gasteiger partial charge on any atom is -0.0988 e. The first kappa shape index (κ1) is 6.21. The Bertz CT molecular complexity index is 64.3. The van der Waals surface area contributed by atoms with Gasteiger partial charge in [0, 0.05) is 4.43 Å². The predicted octanol–water partition coefficient (Wildman–Crippen LogP) is 2.16. The van der Waals surface area contributed by atoms with Crippen LogP contribution < -0.4 is 0 Å². The molecule has 0 aromatic rings. The average Bonchev–Trinajstić information content (AvgIpc) is 1.65. The molecule has 0 saturated heterocycles. The average molecular weight is 194 g/mol. The molecule has 0 N–H and O–H groups in total. The second-order valence-electron chi connectivity index (χ2n) is 0.996. The third-order valence-corrected chi connectivity index (χ3v) is 1.44. The monoisotopic (exact) mass is 194 g/mol. The van der Waals surface area contributed by atoms with Crippen LogP contribution in [0, 0.1) is 0 Å². The van der Waals surface area contributed by atoms with Gasteiger partial charge in [0.15, 0.2) is 0 Å². The molecule has 0 heterocycles. The Morgan fingerprint density at radius 1 is 1.83 bits per heavy atom. The molecule has 1 heteroatoms. The summed E-state index contributed by atoms with van der Waals surface area (Å²) in [4.78, 5) is 0. The fourth-order valence-electron chi connectivity index (χ4n) is 0.0546. The van der Waals surface area contributed by atoms with E-state index in [4.69, 9.17) is 0 Å². The Morgan fingerprint density at radius 3 is 2.33 bits per heavy atom. The maximum Gasteiger partial charge on any atom is 0.0241 e. The van der Waals surface area contributed by atoms with Crippen LogP contribution in [0.25, 0.3) is 0 Å². The zero-order chi connectivity index (χ0) is 4.99. The lowest BCUT2D eigenvalue weighted by atomic mass is 10.4. The topological polar surface area (TPSA) is 0 Å². The van der Waals surface area contributed by atoms with E-state index in [0.29, 0.717) is 0 Å². The van der Waals surface area contributed by atoms with Crippen molar-refractivity contribution in [2.24, 2.45) is 0 Å². The maximum absolute atomic E-state index is 3.67. The summed E-state index contributed by atoms with van der Waals surface area (Å²) < 4.78 is 0.987. The summed E-state index contributed by atoms with van der Waals surface area (Å²) >= 11 is 2.24. The standard InChI is InChI=1S/C5H7I/c1-3-5(2)4-6/h3H,1-2,4H2. The molecule has 0 bridgehead atoms. The summed E-state index contributed by atoms with van der Waals surface area (Å²) in [6, 6.07) is 0. The van der Waals surface area contributed by atoms with Crippen molar-refractivity contribution in [2.45, 2.75) is 0 Å². The van der Waals surface area contributed by atoms with E-state index in [-0.39, 0.29) is 0 Å². The van der Waals surface area contributed by atoms with Crippen molar-refractivity contribution in [3.8, 4) is 0 Å². The van der Waals surface area contributed by atoms with Gasteiger partial charge in [0.1, 0.15) is 0 Å². The Labute approximate surface area is 52.1 Å². The van der Waals surface area contributed by atoms with Crippen molar-refractivity contribution in [3.05, 3.63) is 24.8 Å². The minimum atomic E-state index is 0.987. The molecule has 0 amide bonds.